The van der Waals surface area contributed by atoms with Crippen LogP contribution in [0.1, 0.15) is 32.3 Å². The summed E-state index contributed by atoms with van der Waals surface area (Å²) >= 11 is 6.03. The first-order valence-electron chi connectivity index (χ1n) is 6.21. The first-order valence-corrected chi connectivity index (χ1v) is 6.59. The number of nitrogens with zero attached hydrogens (tertiary/aromatic N) is 1. The van der Waals surface area contributed by atoms with E-state index in [1.54, 1.807) is 0 Å². The zero-order valence-corrected chi connectivity index (χ0v) is 11.7. The number of benzene rings is 1. The summed E-state index contributed by atoms with van der Waals surface area (Å²) in [6.45, 7) is 3.70. The summed E-state index contributed by atoms with van der Waals surface area (Å²) in [5.74, 6) is -0.472. The Hall–Kier alpha value is -1.40. The Balaban J connectivity index is 2.38. The minimum absolute atomic E-state index is 0.0668. The van der Waals surface area contributed by atoms with Crippen LogP contribution in [-0.2, 0) is 11.2 Å². The van der Waals surface area contributed by atoms with Gasteiger partial charge in [-0.1, -0.05) is 25.4 Å². The van der Waals surface area contributed by atoms with E-state index < -0.39 is 16.6 Å². The van der Waals surface area contributed by atoms with Crippen molar-refractivity contribution in [1.29, 1.82) is 5.26 Å². The van der Waals surface area contributed by atoms with E-state index in [0.717, 1.165) is 0 Å². The van der Waals surface area contributed by atoms with Crippen LogP contribution in [0.5, 0.6) is 0 Å². The van der Waals surface area contributed by atoms with E-state index in [2.05, 4.69) is 6.07 Å². The summed E-state index contributed by atoms with van der Waals surface area (Å²) < 4.78 is 13.3. The lowest BCUT2D eigenvalue weighted by Gasteiger charge is -2.22. The first kappa shape index (κ1) is 14.0. The highest BCUT2D eigenvalue weighted by molar-refractivity contribution is 6.31. The zero-order chi connectivity index (χ0) is 14.3. The quantitative estimate of drug-likeness (QED) is 0.823. The van der Waals surface area contributed by atoms with Crippen molar-refractivity contribution in [2.75, 3.05) is 0 Å². The van der Waals surface area contributed by atoms with Crippen molar-refractivity contribution in [2.45, 2.75) is 33.1 Å². The van der Waals surface area contributed by atoms with E-state index in [-0.39, 0.29) is 12.2 Å². The molecule has 0 aromatic heterocycles. The molecule has 0 bridgehead atoms. The molecular formula is C15H15ClFNO. The van der Waals surface area contributed by atoms with Gasteiger partial charge in [0.1, 0.15) is 11.2 Å². The van der Waals surface area contributed by atoms with Crippen LogP contribution in [0.25, 0.3) is 0 Å². The summed E-state index contributed by atoms with van der Waals surface area (Å²) in [6, 6.07) is 6.18. The summed E-state index contributed by atoms with van der Waals surface area (Å²) in [5.41, 5.74) is -1.04. The maximum absolute atomic E-state index is 13.3. The normalized spacial score (nSPS) is 25.3. The Morgan fingerprint density at radius 1 is 1.42 bits per heavy atom. The molecule has 0 heterocycles. The van der Waals surface area contributed by atoms with Crippen molar-refractivity contribution in [2.24, 2.45) is 10.8 Å². The third-order valence-electron chi connectivity index (χ3n) is 3.94. The summed E-state index contributed by atoms with van der Waals surface area (Å²) in [7, 11) is 0. The third kappa shape index (κ3) is 2.37. The second-order valence-electron chi connectivity index (χ2n) is 5.82. The number of rotatable bonds is 2. The van der Waals surface area contributed by atoms with Gasteiger partial charge in [-0.2, -0.15) is 5.26 Å². The lowest BCUT2D eigenvalue weighted by molar-refractivity contribution is -0.130. The molecule has 19 heavy (non-hydrogen) atoms. The molecule has 1 aliphatic rings. The van der Waals surface area contributed by atoms with Crippen molar-refractivity contribution in [1.82, 2.24) is 0 Å². The second-order valence-corrected chi connectivity index (χ2v) is 6.23. The molecule has 1 aromatic carbocycles. The van der Waals surface area contributed by atoms with Crippen LogP contribution in [0.3, 0.4) is 0 Å². The van der Waals surface area contributed by atoms with Crippen LogP contribution in [0.15, 0.2) is 18.2 Å². The largest absolute Gasteiger partial charge is 0.297 e. The van der Waals surface area contributed by atoms with Crippen LogP contribution >= 0.6 is 11.6 Å². The van der Waals surface area contributed by atoms with Gasteiger partial charge in [0.15, 0.2) is 5.78 Å². The fraction of sp³-hybridized carbons (Fsp3) is 0.467. The van der Waals surface area contributed by atoms with E-state index in [4.69, 9.17) is 11.6 Å². The Kier molecular flexibility index (Phi) is 3.40. The van der Waals surface area contributed by atoms with E-state index in [1.807, 2.05) is 13.8 Å². The molecule has 1 unspecified atom stereocenters. The van der Waals surface area contributed by atoms with Crippen LogP contribution in [0, 0.1) is 28.0 Å². The number of hydrogen-bond donors (Lipinski definition) is 0. The number of carbonyl (C=O) groups is 1. The van der Waals surface area contributed by atoms with Crippen molar-refractivity contribution >= 4 is 17.4 Å². The molecule has 0 saturated heterocycles. The molecule has 1 saturated carbocycles. The van der Waals surface area contributed by atoms with Gasteiger partial charge in [-0.05, 0) is 43.0 Å². The number of carbonyl (C=O) groups excluding carboxylic acids is 1. The Bertz CT molecular complexity index is 576. The zero-order valence-electron chi connectivity index (χ0n) is 11.0. The number of Topliss-reactive ketones (excluding diaryl/α,β-unsaturated/α-hetero) is 1. The van der Waals surface area contributed by atoms with Gasteiger partial charge in [-0.3, -0.25) is 4.79 Å². The lowest BCUT2D eigenvalue weighted by atomic mass is 9.77. The maximum atomic E-state index is 13.3. The smallest absolute Gasteiger partial charge is 0.158 e. The van der Waals surface area contributed by atoms with Crippen molar-refractivity contribution < 1.29 is 9.18 Å². The lowest BCUT2D eigenvalue weighted by Crippen LogP contribution is -2.33. The Morgan fingerprint density at radius 3 is 2.63 bits per heavy atom. The summed E-state index contributed by atoms with van der Waals surface area (Å²) in [5, 5.41) is 9.83. The van der Waals surface area contributed by atoms with Crippen LogP contribution in [0.2, 0.25) is 5.02 Å². The van der Waals surface area contributed by atoms with Gasteiger partial charge < -0.3 is 0 Å². The minimum Gasteiger partial charge on any atom is -0.297 e. The number of nitriles is 1. The van der Waals surface area contributed by atoms with E-state index >= 15 is 0 Å². The topological polar surface area (TPSA) is 40.9 Å². The molecule has 1 aromatic rings. The molecule has 1 atom stereocenters. The maximum Gasteiger partial charge on any atom is 0.158 e. The van der Waals surface area contributed by atoms with Crippen LogP contribution < -0.4 is 0 Å². The van der Waals surface area contributed by atoms with Gasteiger partial charge in [-0.15, -0.1) is 0 Å². The summed E-state index contributed by atoms with van der Waals surface area (Å²) in [4.78, 5) is 12.4. The average Bonchev–Trinajstić information content (AvgIpc) is 2.59. The number of hydrogen-bond acceptors (Lipinski definition) is 2. The molecular weight excluding hydrogens is 265 g/mol. The molecule has 4 heteroatoms. The van der Waals surface area contributed by atoms with Crippen molar-refractivity contribution in [3.8, 4) is 6.07 Å². The van der Waals surface area contributed by atoms with E-state index in [0.29, 0.717) is 23.4 Å². The first-order chi connectivity index (χ1) is 8.81. The van der Waals surface area contributed by atoms with Crippen molar-refractivity contribution in [3.63, 3.8) is 0 Å². The predicted octanol–water partition coefficient (Wildman–Crippen LogP) is 3.92. The van der Waals surface area contributed by atoms with Gasteiger partial charge in [0.05, 0.1) is 6.07 Å². The Morgan fingerprint density at radius 2 is 2.11 bits per heavy atom. The standard InChI is InChI=1S/C15H15ClFNO/c1-14(2)5-6-15(9-18,13(14)19)8-10-7-11(17)3-4-12(10)16/h3-4,7H,5-6,8H2,1-2H3. The van der Waals surface area contributed by atoms with Crippen molar-refractivity contribution in [3.05, 3.63) is 34.6 Å². The second kappa shape index (κ2) is 4.61. The molecule has 0 amide bonds. The summed E-state index contributed by atoms with van der Waals surface area (Å²) in [6.07, 6.45) is 1.36. The minimum atomic E-state index is -1.07. The molecule has 0 N–H and O–H groups in total. The highest BCUT2D eigenvalue weighted by Crippen LogP contribution is 2.47. The SMILES string of the molecule is CC1(C)CCC(C#N)(Cc2cc(F)ccc2Cl)C1=O. The number of ketones is 1. The van der Waals surface area contributed by atoms with Gasteiger partial charge in [0.25, 0.3) is 0 Å². The monoisotopic (exact) mass is 279 g/mol. The molecule has 0 radical (unpaired) electrons. The molecule has 1 fully saturated rings. The predicted molar refractivity (Wildman–Crippen MR) is 71.2 cm³/mol. The fourth-order valence-electron chi connectivity index (χ4n) is 2.72. The molecule has 0 spiro atoms. The highest BCUT2D eigenvalue weighted by Gasteiger charge is 2.52. The van der Waals surface area contributed by atoms with Gasteiger partial charge in [-0.25, -0.2) is 4.39 Å². The molecule has 0 aliphatic heterocycles. The third-order valence-corrected chi connectivity index (χ3v) is 4.31. The average molecular weight is 280 g/mol. The van der Waals surface area contributed by atoms with E-state index in [9.17, 15) is 14.4 Å². The molecule has 100 valence electrons. The number of halogens is 2. The highest BCUT2D eigenvalue weighted by atomic mass is 35.5. The van der Waals surface area contributed by atoms with Gasteiger partial charge in [0, 0.05) is 10.4 Å². The van der Waals surface area contributed by atoms with Crippen LogP contribution in [0.4, 0.5) is 4.39 Å². The molecule has 2 nitrogen and oxygen atoms in total. The molecule has 2 rings (SSSR count). The van der Waals surface area contributed by atoms with Gasteiger partial charge >= 0.3 is 0 Å². The van der Waals surface area contributed by atoms with Crippen LogP contribution in [-0.4, -0.2) is 5.78 Å². The Labute approximate surface area is 117 Å². The fourth-order valence-corrected chi connectivity index (χ4v) is 2.90. The van der Waals surface area contributed by atoms with E-state index in [1.165, 1.54) is 18.2 Å². The van der Waals surface area contributed by atoms with Gasteiger partial charge in [0.2, 0.25) is 0 Å². The molecule has 1 aliphatic carbocycles.